The second-order valence-corrected chi connectivity index (χ2v) is 10.0. The summed E-state index contributed by atoms with van der Waals surface area (Å²) in [5, 5.41) is 0. The van der Waals surface area contributed by atoms with Crippen molar-refractivity contribution in [1.29, 1.82) is 0 Å². The summed E-state index contributed by atoms with van der Waals surface area (Å²) in [6.07, 6.45) is 8.74. The molecule has 0 unspecified atom stereocenters. The zero-order valence-corrected chi connectivity index (χ0v) is 18.2. The molecule has 2 aliphatic heterocycles. The van der Waals surface area contributed by atoms with E-state index < -0.39 is 0 Å². The van der Waals surface area contributed by atoms with Crippen LogP contribution in [0.3, 0.4) is 0 Å². The van der Waals surface area contributed by atoms with Gasteiger partial charge >= 0.3 is 0 Å². The number of likely N-dealkylation sites (tertiary alicyclic amines) is 1. The number of nitrogens with zero attached hydrogens (tertiary/aromatic N) is 2. The van der Waals surface area contributed by atoms with E-state index in [-0.39, 0.29) is 10.8 Å². The molecular weight excluding hydrogens is 384 g/mol. The summed E-state index contributed by atoms with van der Waals surface area (Å²) in [4.78, 5) is 29.9. The average Bonchev–Trinajstić information content (AvgIpc) is 3.42. The van der Waals surface area contributed by atoms with Gasteiger partial charge < -0.3 is 14.5 Å². The SMILES string of the molecule is COc1cccc(C(=O)N2CCC3(CC2)SCCN3C(=O)CCC2CCCC2)c1. The number of ether oxygens (including phenoxy) is 1. The molecule has 0 N–H and O–H groups in total. The molecule has 0 atom stereocenters. The smallest absolute Gasteiger partial charge is 0.253 e. The molecule has 1 spiro atoms. The summed E-state index contributed by atoms with van der Waals surface area (Å²) >= 11 is 1.92. The van der Waals surface area contributed by atoms with Crippen molar-refractivity contribution in [2.75, 3.05) is 32.5 Å². The number of methoxy groups -OCH3 is 1. The van der Waals surface area contributed by atoms with E-state index >= 15 is 0 Å². The van der Waals surface area contributed by atoms with Gasteiger partial charge in [-0.1, -0.05) is 31.7 Å². The maximum Gasteiger partial charge on any atom is 0.253 e. The molecule has 0 bridgehead atoms. The van der Waals surface area contributed by atoms with Gasteiger partial charge in [-0.25, -0.2) is 0 Å². The van der Waals surface area contributed by atoms with Crippen LogP contribution >= 0.6 is 11.8 Å². The van der Waals surface area contributed by atoms with Gasteiger partial charge in [0.1, 0.15) is 5.75 Å². The van der Waals surface area contributed by atoms with E-state index in [9.17, 15) is 9.59 Å². The first-order chi connectivity index (χ1) is 14.1. The molecule has 29 heavy (non-hydrogen) atoms. The first-order valence-corrected chi connectivity index (χ1v) is 12.0. The monoisotopic (exact) mass is 416 g/mol. The molecule has 1 aromatic rings. The molecule has 2 heterocycles. The van der Waals surface area contributed by atoms with E-state index in [0.29, 0.717) is 36.7 Å². The number of benzene rings is 1. The maximum absolute atomic E-state index is 13.0. The Hall–Kier alpha value is -1.69. The third kappa shape index (κ3) is 4.42. The molecule has 3 fully saturated rings. The first kappa shape index (κ1) is 20.6. The Kier molecular flexibility index (Phi) is 6.38. The lowest BCUT2D eigenvalue weighted by Crippen LogP contribution is -2.53. The van der Waals surface area contributed by atoms with Crippen LogP contribution in [0.4, 0.5) is 0 Å². The second kappa shape index (κ2) is 8.99. The molecule has 1 aromatic carbocycles. The van der Waals surface area contributed by atoms with Gasteiger partial charge in [0.15, 0.2) is 0 Å². The Morgan fingerprint density at radius 1 is 1.17 bits per heavy atom. The Labute approximate surface area is 178 Å². The predicted octanol–water partition coefficient (Wildman–Crippen LogP) is 4.17. The van der Waals surface area contributed by atoms with E-state index in [1.54, 1.807) is 13.2 Å². The standard InChI is InChI=1S/C23H32N2O3S/c1-28-20-8-4-7-19(17-20)22(27)24-13-11-23(12-14-24)25(15-16-29-23)21(26)10-9-18-5-2-3-6-18/h4,7-8,17-18H,2-3,5-6,9-16H2,1H3. The van der Waals surface area contributed by atoms with Crippen LogP contribution in [0.2, 0.25) is 0 Å². The van der Waals surface area contributed by atoms with Crippen molar-refractivity contribution < 1.29 is 14.3 Å². The van der Waals surface area contributed by atoms with Crippen molar-refractivity contribution in [3.05, 3.63) is 29.8 Å². The normalized spacial score (nSPS) is 21.7. The van der Waals surface area contributed by atoms with E-state index in [1.165, 1.54) is 25.7 Å². The number of amides is 2. The highest BCUT2D eigenvalue weighted by Gasteiger charge is 2.46. The molecule has 1 aliphatic carbocycles. The lowest BCUT2D eigenvalue weighted by molar-refractivity contribution is -0.135. The molecule has 4 rings (SSSR count). The van der Waals surface area contributed by atoms with E-state index in [4.69, 9.17) is 4.74 Å². The number of rotatable bonds is 5. The number of piperidine rings is 1. The van der Waals surface area contributed by atoms with Crippen molar-refractivity contribution >= 4 is 23.6 Å². The van der Waals surface area contributed by atoms with Crippen LogP contribution in [0.15, 0.2) is 24.3 Å². The molecule has 1 saturated carbocycles. The van der Waals surface area contributed by atoms with Gasteiger partial charge in [0.05, 0.1) is 12.0 Å². The van der Waals surface area contributed by atoms with Crippen molar-refractivity contribution in [2.24, 2.45) is 5.92 Å². The van der Waals surface area contributed by atoms with Crippen LogP contribution < -0.4 is 4.74 Å². The Balaban J connectivity index is 1.35. The number of hydrogen-bond donors (Lipinski definition) is 0. The summed E-state index contributed by atoms with van der Waals surface area (Å²) in [6, 6.07) is 7.36. The minimum atomic E-state index is -0.0993. The zero-order chi connectivity index (χ0) is 20.3. The molecule has 2 saturated heterocycles. The van der Waals surface area contributed by atoms with Crippen molar-refractivity contribution in [2.45, 2.75) is 56.2 Å². The lowest BCUT2D eigenvalue weighted by Gasteiger charge is -2.44. The lowest BCUT2D eigenvalue weighted by atomic mass is 9.98. The van der Waals surface area contributed by atoms with Gasteiger partial charge in [0, 0.05) is 37.4 Å². The maximum atomic E-state index is 13.0. The Morgan fingerprint density at radius 2 is 1.93 bits per heavy atom. The molecule has 0 aromatic heterocycles. The minimum Gasteiger partial charge on any atom is -0.497 e. The van der Waals surface area contributed by atoms with Gasteiger partial charge in [-0.2, -0.15) is 0 Å². The highest BCUT2D eigenvalue weighted by Crippen LogP contribution is 2.44. The quantitative estimate of drug-likeness (QED) is 0.723. The van der Waals surface area contributed by atoms with E-state index in [0.717, 1.165) is 37.5 Å². The van der Waals surface area contributed by atoms with Gasteiger partial charge in [-0.05, 0) is 43.4 Å². The van der Waals surface area contributed by atoms with E-state index in [1.807, 2.05) is 34.9 Å². The predicted molar refractivity (Wildman–Crippen MR) is 116 cm³/mol. The van der Waals surface area contributed by atoms with Gasteiger partial charge in [-0.3, -0.25) is 9.59 Å². The fraction of sp³-hybridized carbons (Fsp3) is 0.652. The van der Waals surface area contributed by atoms with Gasteiger partial charge in [0.2, 0.25) is 5.91 Å². The molecule has 0 radical (unpaired) electrons. The van der Waals surface area contributed by atoms with Gasteiger partial charge in [0.25, 0.3) is 5.91 Å². The number of carbonyl (C=O) groups is 2. The number of hydrogen-bond acceptors (Lipinski definition) is 4. The molecule has 158 valence electrons. The summed E-state index contributed by atoms with van der Waals surface area (Å²) < 4.78 is 5.25. The van der Waals surface area contributed by atoms with Crippen LogP contribution in [-0.4, -0.2) is 59.0 Å². The second-order valence-electron chi connectivity index (χ2n) is 8.55. The molecule has 6 heteroatoms. The van der Waals surface area contributed by atoms with Crippen LogP contribution in [0.1, 0.15) is 61.7 Å². The van der Waals surface area contributed by atoms with Crippen LogP contribution in [0, 0.1) is 5.92 Å². The van der Waals surface area contributed by atoms with Crippen LogP contribution in [0.25, 0.3) is 0 Å². The minimum absolute atomic E-state index is 0.0563. The van der Waals surface area contributed by atoms with Gasteiger partial charge in [-0.15, -0.1) is 11.8 Å². The topological polar surface area (TPSA) is 49.9 Å². The van der Waals surface area contributed by atoms with E-state index in [2.05, 4.69) is 4.90 Å². The molecule has 2 amide bonds. The molecule has 3 aliphatic rings. The largest absolute Gasteiger partial charge is 0.497 e. The average molecular weight is 417 g/mol. The summed E-state index contributed by atoms with van der Waals surface area (Å²) in [7, 11) is 1.61. The number of carbonyl (C=O) groups excluding carboxylic acids is 2. The highest BCUT2D eigenvalue weighted by molar-refractivity contribution is 8.00. The summed E-state index contributed by atoms with van der Waals surface area (Å²) in [5.74, 6) is 2.86. The van der Waals surface area contributed by atoms with Crippen LogP contribution in [-0.2, 0) is 4.79 Å². The Bertz CT molecular complexity index is 739. The third-order valence-corrected chi connectivity index (χ3v) is 8.42. The zero-order valence-electron chi connectivity index (χ0n) is 17.4. The molecular formula is C23H32N2O3S. The fourth-order valence-electron chi connectivity index (χ4n) is 5.13. The summed E-state index contributed by atoms with van der Waals surface area (Å²) in [6.45, 7) is 2.27. The molecule has 5 nitrogen and oxygen atoms in total. The van der Waals surface area contributed by atoms with Crippen LogP contribution in [0.5, 0.6) is 5.75 Å². The van der Waals surface area contributed by atoms with Crippen molar-refractivity contribution in [3.8, 4) is 5.75 Å². The van der Waals surface area contributed by atoms with Crippen molar-refractivity contribution in [3.63, 3.8) is 0 Å². The summed E-state index contributed by atoms with van der Waals surface area (Å²) in [5.41, 5.74) is 0.670. The van der Waals surface area contributed by atoms with Crippen molar-refractivity contribution in [1.82, 2.24) is 9.80 Å². The first-order valence-electron chi connectivity index (χ1n) is 11.0. The Morgan fingerprint density at radius 3 is 2.66 bits per heavy atom. The number of thioether (sulfide) groups is 1. The fourth-order valence-corrected chi connectivity index (χ4v) is 6.61. The highest BCUT2D eigenvalue weighted by atomic mass is 32.2. The third-order valence-electron chi connectivity index (χ3n) is 6.87.